The first-order valence-corrected chi connectivity index (χ1v) is 25.4. The van der Waals surface area contributed by atoms with Gasteiger partial charge < -0.3 is 42.5 Å². The molecule has 2 fully saturated rings. The molecule has 0 spiro atoms. The zero-order valence-corrected chi connectivity index (χ0v) is 42.4. The molecule has 19 heteroatoms. The summed E-state index contributed by atoms with van der Waals surface area (Å²) in [6.07, 6.45) is -0.185. The second kappa shape index (κ2) is 21.9. The van der Waals surface area contributed by atoms with Gasteiger partial charge in [0.25, 0.3) is 14.1 Å². The van der Waals surface area contributed by atoms with Crippen molar-refractivity contribution in [3.63, 3.8) is 0 Å². The van der Waals surface area contributed by atoms with Crippen molar-refractivity contribution in [3.05, 3.63) is 142 Å². The van der Waals surface area contributed by atoms with Gasteiger partial charge in [0.1, 0.15) is 35.6 Å². The number of rotatable bonds is 19. The lowest BCUT2D eigenvalue weighted by atomic mass is 9.77. The van der Waals surface area contributed by atoms with E-state index in [-0.39, 0.29) is 54.6 Å². The van der Waals surface area contributed by atoms with Crippen LogP contribution in [0.15, 0.2) is 119 Å². The Morgan fingerprint density at radius 2 is 1.57 bits per heavy atom. The molecule has 9 rings (SSSR count). The summed E-state index contributed by atoms with van der Waals surface area (Å²) in [5, 5.41) is 9.55. The number of imidazole rings is 1. The summed E-state index contributed by atoms with van der Waals surface area (Å²) < 4.78 is 68.4. The van der Waals surface area contributed by atoms with Gasteiger partial charge in [-0.3, -0.25) is 14.3 Å². The molecule has 0 amide bonds. The average Bonchev–Trinajstić information content (AvgIpc) is 3.95. The third-order valence-corrected chi connectivity index (χ3v) is 15.2. The molecule has 17 nitrogen and oxygen atoms in total. The number of para-hydroxylation sites is 3. The van der Waals surface area contributed by atoms with Crippen LogP contribution >= 0.6 is 8.53 Å². The number of H-pyrrole nitrogens is 1. The van der Waals surface area contributed by atoms with Gasteiger partial charge in [-0.2, -0.15) is 10.2 Å². The number of aromatic amines is 1. The van der Waals surface area contributed by atoms with Crippen LogP contribution in [0.3, 0.4) is 0 Å². The van der Waals surface area contributed by atoms with Gasteiger partial charge in [-0.25, -0.2) is 19.0 Å². The highest BCUT2D eigenvalue weighted by molar-refractivity contribution is 7.44. The minimum atomic E-state index is -1.76. The molecule has 3 aliphatic rings. The van der Waals surface area contributed by atoms with Crippen molar-refractivity contribution in [2.24, 2.45) is 4.99 Å². The van der Waals surface area contributed by atoms with Crippen LogP contribution in [0.4, 0.5) is 16.0 Å². The summed E-state index contributed by atoms with van der Waals surface area (Å²) in [6.45, 7) is 9.19. The number of anilines is 1. The van der Waals surface area contributed by atoms with E-state index in [0.717, 1.165) is 16.7 Å². The lowest BCUT2D eigenvalue weighted by Crippen LogP contribution is -2.53. The molecular weight excluding hydrogens is 941 g/mol. The summed E-state index contributed by atoms with van der Waals surface area (Å²) in [5.41, 5.74) is 1.20. The fourth-order valence-electron chi connectivity index (χ4n) is 9.87. The van der Waals surface area contributed by atoms with E-state index in [1.807, 2.05) is 104 Å². The molecule has 4 aromatic carbocycles. The number of nitrogens with one attached hydrogen (secondary N) is 1. The number of ether oxygens (including phenoxy) is 5. The van der Waals surface area contributed by atoms with Crippen LogP contribution in [0.2, 0.25) is 0 Å². The van der Waals surface area contributed by atoms with Gasteiger partial charge in [0.2, 0.25) is 5.95 Å². The van der Waals surface area contributed by atoms with Gasteiger partial charge in [0.15, 0.2) is 28.8 Å². The molecule has 2 saturated heterocycles. The van der Waals surface area contributed by atoms with Gasteiger partial charge in [0.05, 0.1) is 44.1 Å². The van der Waals surface area contributed by atoms with E-state index < -0.39 is 50.0 Å². The molecule has 0 saturated carbocycles. The second-order valence-corrected chi connectivity index (χ2v) is 20.1. The number of fused-ring (bicyclic) bond motifs is 3. The largest absolute Gasteiger partial charge is 0.457 e. The van der Waals surface area contributed by atoms with Crippen molar-refractivity contribution in [2.75, 3.05) is 52.4 Å². The van der Waals surface area contributed by atoms with Crippen molar-refractivity contribution < 1.29 is 37.1 Å². The van der Waals surface area contributed by atoms with Gasteiger partial charge in [-0.05, 0) is 57.5 Å². The first-order valence-electron chi connectivity index (χ1n) is 24.2. The topological polar surface area (TPSA) is 174 Å². The number of benzene rings is 4. The maximum atomic E-state index is 15.3. The van der Waals surface area contributed by atoms with Crippen LogP contribution in [0.1, 0.15) is 69.9 Å². The molecule has 5 heterocycles. The Kier molecular flexibility index (Phi) is 15.5. The predicted octanol–water partition coefficient (Wildman–Crippen LogP) is 9.18. The van der Waals surface area contributed by atoms with Gasteiger partial charge in [-0.1, -0.05) is 78.9 Å². The van der Waals surface area contributed by atoms with Gasteiger partial charge in [-0.15, -0.1) is 0 Å². The monoisotopic (exact) mass is 1000 g/mol. The highest BCUT2D eigenvalue weighted by Gasteiger charge is 2.57. The first-order chi connectivity index (χ1) is 34.9. The molecule has 3 aliphatic heterocycles. The minimum Gasteiger partial charge on any atom is -0.457 e. The van der Waals surface area contributed by atoms with Crippen LogP contribution in [-0.4, -0.2) is 119 Å². The van der Waals surface area contributed by atoms with E-state index in [0.29, 0.717) is 43.1 Å². The van der Waals surface area contributed by atoms with Gasteiger partial charge >= 0.3 is 0 Å². The number of aliphatic imine (C=N–C) groups is 1. The van der Waals surface area contributed by atoms with E-state index in [2.05, 4.69) is 53.4 Å². The number of hydrogen-bond donors (Lipinski definition) is 1. The fraction of sp³-hybridized carbons (Fsp3) is 0.415. The van der Waals surface area contributed by atoms with E-state index in [1.165, 1.54) is 18.7 Å². The minimum absolute atomic E-state index is 0.0118. The van der Waals surface area contributed by atoms with Crippen molar-refractivity contribution in [2.45, 2.75) is 95.0 Å². The van der Waals surface area contributed by atoms with Crippen molar-refractivity contribution >= 4 is 37.7 Å². The first kappa shape index (κ1) is 50.8. The van der Waals surface area contributed by atoms with E-state index in [1.54, 1.807) is 28.7 Å². The Hall–Kier alpha value is -6.13. The molecule has 1 N–H and O–H groups in total. The number of halogens is 1. The Morgan fingerprint density at radius 3 is 2.21 bits per heavy atom. The molecule has 378 valence electrons. The fourth-order valence-corrected chi connectivity index (χ4v) is 11.5. The molecule has 5 atom stereocenters. The Bertz CT molecular complexity index is 2890. The lowest BCUT2D eigenvalue weighted by molar-refractivity contribution is -0.282. The smallest absolute Gasteiger partial charge is 0.280 e. The Balaban J connectivity index is 1.23. The zero-order valence-electron chi connectivity index (χ0n) is 41.6. The van der Waals surface area contributed by atoms with Crippen molar-refractivity contribution in [1.82, 2.24) is 29.1 Å². The molecule has 72 heavy (non-hydrogen) atoms. The van der Waals surface area contributed by atoms with Crippen LogP contribution in [-0.2, 0) is 33.6 Å². The summed E-state index contributed by atoms with van der Waals surface area (Å²) >= 11 is 0. The number of aromatic nitrogens is 4. The van der Waals surface area contributed by atoms with Crippen LogP contribution < -0.4 is 15.2 Å². The van der Waals surface area contributed by atoms with Crippen LogP contribution in [0.5, 0.6) is 11.5 Å². The predicted molar refractivity (Wildman–Crippen MR) is 272 cm³/mol. The third kappa shape index (κ3) is 10.1. The van der Waals surface area contributed by atoms with Crippen LogP contribution in [0, 0.1) is 17.1 Å². The summed E-state index contributed by atoms with van der Waals surface area (Å²) in [5.74, 6) is -0.313. The zero-order chi connectivity index (χ0) is 50.6. The third-order valence-electron chi connectivity index (χ3n) is 13.1. The lowest BCUT2D eigenvalue weighted by Gasteiger charge is -2.46. The molecule has 1 unspecified atom stereocenters. The Morgan fingerprint density at radius 1 is 0.917 bits per heavy atom. The maximum absolute atomic E-state index is 15.3. The molecule has 0 radical (unpaired) electrons. The number of nitrogens with zero attached hydrogens (tertiary/aromatic N) is 8. The number of piperidine rings is 1. The van der Waals surface area contributed by atoms with Gasteiger partial charge in [0, 0.05) is 70.3 Å². The summed E-state index contributed by atoms with van der Waals surface area (Å²) in [7, 11) is 3.47. The van der Waals surface area contributed by atoms with Crippen LogP contribution in [0.25, 0.3) is 11.2 Å². The summed E-state index contributed by atoms with van der Waals surface area (Å²) in [4.78, 5) is 34.0. The quantitative estimate of drug-likeness (QED) is 0.0267. The molecule has 0 aliphatic carbocycles. The maximum Gasteiger partial charge on any atom is 0.280 e. The van der Waals surface area contributed by atoms with E-state index >= 15 is 4.39 Å². The number of methoxy groups -OCH3 is 1. The second-order valence-electron chi connectivity index (χ2n) is 18.7. The molecular formula is C53H61FN9O8P. The average molecular weight is 1000 g/mol. The Labute approximate surface area is 420 Å². The normalized spacial score (nSPS) is 20.7. The SMILES string of the molecule is COC1(O[C@@H]2[C@H](OC3(c4ccccc4)c4ccccc4Oc4ccccc43)[C@@H](COP(OCCC#N)N(C(C)C)C(C)C)O[C@H]2n2cnc3c(=O)[nH]c(/N=C/N(C)C)nc32)CCN(c2ccccc2F)CC1. The molecule has 0 bridgehead atoms. The van der Waals surface area contributed by atoms with Crippen molar-refractivity contribution in [3.8, 4) is 17.6 Å². The molecule has 6 aromatic rings. The highest BCUT2D eigenvalue weighted by Crippen LogP contribution is 2.55. The van der Waals surface area contributed by atoms with E-state index in [4.69, 9.17) is 37.7 Å². The number of hydrogen-bond acceptors (Lipinski definition) is 14. The number of nitriles is 1. The van der Waals surface area contributed by atoms with Crippen molar-refractivity contribution in [1.29, 1.82) is 5.26 Å². The highest BCUT2D eigenvalue weighted by atomic mass is 31.2. The standard InChI is InChI=1S/C53H61FN9O8P/c1-35(2)63(36(3)4)72(66-31-17-28-55)67-32-44-46(71-53(37-18-9-8-10-19-37)38-20-11-15-24-42(38)68-43-25-16-12-21-39(43)53)47(70-52(65-7)26-29-61(30-27-52)41-23-14-13-22-40(41)54)50(69-44)62-34-56-45-48(62)58-51(59-49(45)64)57-33-60(5)6/h8-16,18-25,33-36,44,46-47,50H,17,26-27,29-32H2,1-7H3,(H,58,59,64)/b57-33+/t44-,46-,47-,50-,72?/m1/s1. The molecule has 2 aromatic heterocycles. The summed E-state index contributed by atoms with van der Waals surface area (Å²) in [6, 6.07) is 34.5. The van der Waals surface area contributed by atoms with E-state index in [9.17, 15) is 10.1 Å².